The van der Waals surface area contributed by atoms with Gasteiger partial charge < -0.3 is 15.0 Å². The Balaban J connectivity index is 0.00000208. The largest absolute Gasteiger partial charge is 0.379 e. The first-order chi connectivity index (χ1) is 11.3. The summed E-state index contributed by atoms with van der Waals surface area (Å²) < 4.78 is 5.46. The van der Waals surface area contributed by atoms with Crippen molar-refractivity contribution in [3.63, 3.8) is 0 Å². The molecule has 3 heterocycles. The summed E-state index contributed by atoms with van der Waals surface area (Å²) in [5, 5.41) is 4.52. The maximum absolute atomic E-state index is 5.46. The van der Waals surface area contributed by atoms with Gasteiger partial charge >= 0.3 is 0 Å². The number of aryl methyl sites for hydroxylation is 1. The predicted molar refractivity (Wildman–Crippen MR) is 109 cm³/mol. The smallest absolute Gasteiger partial charge is 0.194 e. The van der Waals surface area contributed by atoms with Crippen molar-refractivity contribution in [2.45, 2.75) is 32.9 Å². The van der Waals surface area contributed by atoms with Crippen molar-refractivity contribution < 1.29 is 4.74 Å². The van der Waals surface area contributed by atoms with Gasteiger partial charge in [-0.15, -0.1) is 35.3 Å². The summed E-state index contributed by atoms with van der Waals surface area (Å²) in [6.07, 6.45) is 3.13. The molecule has 2 fully saturated rings. The Morgan fingerprint density at radius 2 is 2.21 bits per heavy atom. The average Bonchev–Trinajstić information content (AvgIpc) is 3.21. The standard InChI is InChI=1S/C16H27N5OS.HI/c1-3-17-16(19-11-15-18-10-13(2)23-15)21-5-4-14(12-21)20-6-8-22-9-7-20;/h10,14H,3-9,11-12H2,1-2H3,(H,17,19);1H. The zero-order valence-electron chi connectivity index (χ0n) is 14.5. The van der Waals surface area contributed by atoms with E-state index in [2.05, 4.69) is 33.9 Å². The third-order valence-corrected chi connectivity index (χ3v) is 5.29. The second kappa shape index (κ2) is 9.88. The molecule has 1 N–H and O–H groups in total. The summed E-state index contributed by atoms with van der Waals surface area (Å²) in [5.41, 5.74) is 0. The zero-order chi connectivity index (χ0) is 16.1. The SMILES string of the molecule is CCNC(=NCc1ncc(C)s1)N1CCC(N2CCOCC2)C1.I. The highest BCUT2D eigenvalue weighted by molar-refractivity contribution is 14.0. The molecule has 1 aromatic rings. The molecule has 24 heavy (non-hydrogen) atoms. The Morgan fingerprint density at radius 3 is 2.88 bits per heavy atom. The average molecular weight is 465 g/mol. The van der Waals surface area contributed by atoms with Gasteiger partial charge in [0.05, 0.1) is 19.8 Å². The van der Waals surface area contributed by atoms with Gasteiger partial charge in [0.15, 0.2) is 5.96 Å². The second-order valence-corrected chi connectivity index (χ2v) is 7.39. The van der Waals surface area contributed by atoms with Crippen molar-refractivity contribution in [2.24, 2.45) is 4.99 Å². The van der Waals surface area contributed by atoms with E-state index in [1.54, 1.807) is 11.3 Å². The highest BCUT2D eigenvalue weighted by Crippen LogP contribution is 2.18. The number of rotatable bonds is 4. The van der Waals surface area contributed by atoms with Crippen LogP contribution in [0.1, 0.15) is 23.2 Å². The van der Waals surface area contributed by atoms with Gasteiger partial charge in [0.2, 0.25) is 0 Å². The minimum Gasteiger partial charge on any atom is -0.379 e. The number of hydrogen-bond acceptors (Lipinski definition) is 5. The molecule has 1 unspecified atom stereocenters. The van der Waals surface area contributed by atoms with Crippen LogP contribution in [0.3, 0.4) is 0 Å². The Morgan fingerprint density at radius 1 is 1.42 bits per heavy atom. The molecule has 0 radical (unpaired) electrons. The van der Waals surface area contributed by atoms with Crippen molar-refractivity contribution >= 4 is 41.3 Å². The number of thiazole rings is 1. The van der Waals surface area contributed by atoms with Gasteiger partial charge in [0.25, 0.3) is 0 Å². The monoisotopic (exact) mass is 465 g/mol. The quantitative estimate of drug-likeness (QED) is 0.419. The molecule has 0 saturated carbocycles. The minimum atomic E-state index is 0. The van der Waals surface area contributed by atoms with E-state index in [0.717, 1.165) is 56.9 Å². The number of aromatic nitrogens is 1. The van der Waals surface area contributed by atoms with Gasteiger partial charge in [0.1, 0.15) is 5.01 Å². The maximum Gasteiger partial charge on any atom is 0.194 e. The molecular weight excluding hydrogens is 437 g/mol. The van der Waals surface area contributed by atoms with E-state index in [4.69, 9.17) is 9.73 Å². The minimum absolute atomic E-state index is 0. The summed E-state index contributed by atoms with van der Waals surface area (Å²) in [4.78, 5) is 15.4. The fraction of sp³-hybridized carbons (Fsp3) is 0.750. The molecule has 2 saturated heterocycles. The van der Waals surface area contributed by atoms with Gasteiger partial charge in [-0.05, 0) is 20.3 Å². The summed E-state index contributed by atoms with van der Waals surface area (Å²) in [7, 11) is 0. The normalized spacial score (nSPS) is 22.5. The fourth-order valence-electron chi connectivity index (χ4n) is 3.22. The van der Waals surface area contributed by atoms with Crippen LogP contribution in [0.2, 0.25) is 0 Å². The van der Waals surface area contributed by atoms with Crippen LogP contribution < -0.4 is 5.32 Å². The molecule has 2 aliphatic rings. The molecule has 0 aliphatic carbocycles. The van der Waals surface area contributed by atoms with E-state index < -0.39 is 0 Å². The summed E-state index contributed by atoms with van der Waals surface area (Å²) in [6, 6.07) is 0.630. The Bertz CT molecular complexity index is 532. The number of aliphatic imine (C=N–C) groups is 1. The van der Waals surface area contributed by atoms with Gasteiger partial charge in [0, 0.05) is 49.8 Å². The number of guanidine groups is 1. The van der Waals surface area contributed by atoms with E-state index in [9.17, 15) is 0 Å². The number of morpholine rings is 1. The van der Waals surface area contributed by atoms with Crippen molar-refractivity contribution in [3.05, 3.63) is 16.1 Å². The number of ether oxygens (including phenoxy) is 1. The number of nitrogens with one attached hydrogen (secondary N) is 1. The van der Waals surface area contributed by atoms with Crippen LogP contribution in [0.5, 0.6) is 0 Å². The number of likely N-dealkylation sites (tertiary alicyclic amines) is 1. The molecule has 6 nitrogen and oxygen atoms in total. The van der Waals surface area contributed by atoms with Crippen LogP contribution in [0.4, 0.5) is 0 Å². The number of hydrogen-bond donors (Lipinski definition) is 1. The molecule has 1 atom stereocenters. The van der Waals surface area contributed by atoms with Gasteiger partial charge in [-0.2, -0.15) is 0 Å². The van der Waals surface area contributed by atoms with Gasteiger partial charge in [-0.1, -0.05) is 0 Å². The summed E-state index contributed by atoms with van der Waals surface area (Å²) in [6.45, 7) is 11.8. The Hall–Kier alpha value is -0.450. The third kappa shape index (κ3) is 5.27. The van der Waals surface area contributed by atoms with Crippen molar-refractivity contribution in [1.29, 1.82) is 0 Å². The van der Waals surface area contributed by atoms with Crippen LogP contribution >= 0.6 is 35.3 Å². The van der Waals surface area contributed by atoms with Crippen LogP contribution in [0, 0.1) is 6.92 Å². The van der Waals surface area contributed by atoms with Crippen molar-refractivity contribution in [3.8, 4) is 0 Å². The molecule has 0 bridgehead atoms. The predicted octanol–water partition coefficient (Wildman–Crippen LogP) is 1.94. The zero-order valence-corrected chi connectivity index (χ0v) is 17.7. The van der Waals surface area contributed by atoms with E-state index in [1.807, 2.05) is 6.20 Å². The van der Waals surface area contributed by atoms with E-state index in [-0.39, 0.29) is 24.0 Å². The van der Waals surface area contributed by atoms with Crippen LogP contribution in [-0.2, 0) is 11.3 Å². The Kier molecular flexibility index (Phi) is 8.18. The van der Waals surface area contributed by atoms with Crippen molar-refractivity contribution in [1.82, 2.24) is 20.1 Å². The van der Waals surface area contributed by atoms with Gasteiger partial charge in [-0.3, -0.25) is 4.90 Å². The highest BCUT2D eigenvalue weighted by atomic mass is 127. The lowest BCUT2D eigenvalue weighted by molar-refractivity contribution is 0.0195. The molecular formula is C16H28IN5OS. The maximum atomic E-state index is 5.46. The van der Waals surface area contributed by atoms with E-state index in [1.165, 1.54) is 11.3 Å². The first kappa shape index (κ1) is 19.9. The molecule has 136 valence electrons. The third-order valence-electron chi connectivity index (χ3n) is 4.39. The molecule has 8 heteroatoms. The van der Waals surface area contributed by atoms with Crippen LogP contribution in [-0.4, -0.2) is 72.7 Å². The second-order valence-electron chi connectivity index (χ2n) is 6.07. The van der Waals surface area contributed by atoms with Gasteiger partial charge in [-0.25, -0.2) is 9.98 Å². The van der Waals surface area contributed by atoms with Crippen molar-refractivity contribution in [2.75, 3.05) is 45.9 Å². The van der Waals surface area contributed by atoms with Crippen LogP contribution in [0.25, 0.3) is 0 Å². The highest BCUT2D eigenvalue weighted by Gasteiger charge is 2.30. The topological polar surface area (TPSA) is 53.0 Å². The lowest BCUT2D eigenvalue weighted by Gasteiger charge is -2.32. The molecule has 0 spiro atoms. The summed E-state index contributed by atoms with van der Waals surface area (Å²) >= 11 is 1.73. The lowest BCUT2D eigenvalue weighted by atomic mass is 10.2. The van der Waals surface area contributed by atoms with Crippen LogP contribution in [0.15, 0.2) is 11.2 Å². The lowest BCUT2D eigenvalue weighted by Crippen LogP contribution is -2.46. The van der Waals surface area contributed by atoms with E-state index >= 15 is 0 Å². The first-order valence-corrected chi connectivity index (χ1v) is 9.34. The van der Waals surface area contributed by atoms with E-state index in [0.29, 0.717) is 12.6 Å². The fourth-order valence-corrected chi connectivity index (χ4v) is 3.93. The number of halogens is 1. The molecule has 1 aromatic heterocycles. The summed E-state index contributed by atoms with van der Waals surface area (Å²) in [5.74, 6) is 1.02. The molecule has 2 aliphatic heterocycles. The first-order valence-electron chi connectivity index (χ1n) is 8.52. The Labute approximate surface area is 165 Å². The molecule has 3 rings (SSSR count). The molecule has 0 amide bonds. The number of nitrogens with zero attached hydrogens (tertiary/aromatic N) is 4. The molecule has 0 aromatic carbocycles.